The van der Waals surface area contributed by atoms with E-state index in [9.17, 15) is 0 Å². The van der Waals surface area contributed by atoms with E-state index < -0.39 is 0 Å². The lowest BCUT2D eigenvalue weighted by Crippen LogP contribution is -2.11. The van der Waals surface area contributed by atoms with Crippen molar-refractivity contribution in [2.24, 2.45) is 5.84 Å². The van der Waals surface area contributed by atoms with Crippen molar-refractivity contribution in [3.63, 3.8) is 0 Å². The summed E-state index contributed by atoms with van der Waals surface area (Å²) in [5, 5.41) is 7.00. The zero-order valence-electron chi connectivity index (χ0n) is 11.2. The predicted molar refractivity (Wildman–Crippen MR) is 79.1 cm³/mol. The summed E-state index contributed by atoms with van der Waals surface area (Å²) in [5.41, 5.74) is 4.25. The maximum atomic E-state index is 5.46. The summed E-state index contributed by atoms with van der Waals surface area (Å²) in [6, 6.07) is 13.2. The van der Waals surface area contributed by atoms with Crippen LogP contribution in [0.5, 0.6) is 0 Å². The molecule has 21 heavy (non-hydrogen) atoms. The van der Waals surface area contributed by atoms with Gasteiger partial charge in [0, 0.05) is 17.7 Å². The van der Waals surface area contributed by atoms with E-state index in [0.29, 0.717) is 24.0 Å². The first-order chi connectivity index (χ1) is 10.3. The average molecular weight is 282 g/mol. The Labute approximate surface area is 121 Å². The van der Waals surface area contributed by atoms with Crippen molar-refractivity contribution in [1.82, 2.24) is 15.1 Å². The highest BCUT2D eigenvalue weighted by molar-refractivity contribution is 5.60. The van der Waals surface area contributed by atoms with Gasteiger partial charge in [0.15, 0.2) is 5.82 Å². The molecule has 0 amide bonds. The van der Waals surface area contributed by atoms with Crippen LogP contribution >= 0.6 is 0 Å². The number of nitrogens with zero attached hydrogens (tertiary/aromatic N) is 3. The lowest BCUT2D eigenvalue weighted by atomic mass is 10.2. The van der Waals surface area contributed by atoms with Crippen molar-refractivity contribution in [1.29, 1.82) is 0 Å². The molecule has 0 radical (unpaired) electrons. The molecule has 106 valence electrons. The number of nitrogens with one attached hydrogen (secondary N) is 2. The van der Waals surface area contributed by atoms with Gasteiger partial charge in [0.05, 0.1) is 6.54 Å². The number of hydrazine groups is 1. The second-order valence-electron chi connectivity index (χ2n) is 4.32. The van der Waals surface area contributed by atoms with E-state index >= 15 is 0 Å². The second-order valence-corrected chi connectivity index (χ2v) is 4.32. The Hall–Kier alpha value is -2.93. The van der Waals surface area contributed by atoms with Gasteiger partial charge < -0.3 is 15.3 Å². The Morgan fingerprint density at radius 2 is 1.86 bits per heavy atom. The highest BCUT2D eigenvalue weighted by Crippen LogP contribution is 2.19. The van der Waals surface area contributed by atoms with E-state index in [2.05, 4.69) is 25.9 Å². The first-order valence-corrected chi connectivity index (χ1v) is 6.39. The zero-order valence-corrected chi connectivity index (χ0v) is 11.2. The van der Waals surface area contributed by atoms with Crippen LogP contribution in [0.15, 0.2) is 53.3 Å². The standard InChI is InChI=1S/C14H14N6O/c15-19-13-8-12(16-9-11-6-7-21-20-11)17-14(18-13)10-4-2-1-3-5-10/h1-8H,9,15H2,(H2,16,17,18,19). The maximum Gasteiger partial charge on any atom is 0.163 e. The number of aromatic nitrogens is 3. The quantitative estimate of drug-likeness (QED) is 0.486. The second kappa shape index (κ2) is 6.02. The van der Waals surface area contributed by atoms with Crippen LogP contribution in [-0.4, -0.2) is 15.1 Å². The number of hydrogen-bond acceptors (Lipinski definition) is 7. The van der Waals surface area contributed by atoms with Crippen molar-refractivity contribution in [3.8, 4) is 11.4 Å². The Kier molecular flexibility index (Phi) is 3.74. The summed E-state index contributed by atoms with van der Waals surface area (Å²) >= 11 is 0. The van der Waals surface area contributed by atoms with Gasteiger partial charge in [0.2, 0.25) is 0 Å². The van der Waals surface area contributed by atoms with Crippen LogP contribution in [0.2, 0.25) is 0 Å². The van der Waals surface area contributed by atoms with Gasteiger partial charge in [-0.25, -0.2) is 15.8 Å². The van der Waals surface area contributed by atoms with Crippen LogP contribution in [0.3, 0.4) is 0 Å². The molecule has 0 fully saturated rings. The average Bonchev–Trinajstić information content (AvgIpc) is 3.07. The fraction of sp³-hybridized carbons (Fsp3) is 0.0714. The van der Waals surface area contributed by atoms with Gasteiger partial charge in [-0.15, -0.1) is 0 Å². The van der Waals surface area contributed by atoms with Gasteiger partial charge in [-0.2, -0.15) is 0 Å². The lowest BCUT2D eigenvalue weighted by molar-refractivity contribution is 0.412. The molecule has 0 saturated carbocycles. The molecule has 4 N–H and O–H groups in total. The molecule has 7 nitrogen and oxygen atoms in total. The van der Waals surface area contributed by atoms with Gasteiger partial charge >= 0.3 is 0 Å². The van der Waals surface area contributed by atoms with E-state index in [-0.39, 0.29) is 0 Å². The minimum atomic E-state index is 0.506. The summed E-state index contributed by atoms with van der Waals surface area (Å²) in [6.07, 6.45) is 1.53. The summed E-state index contributed by atoms with van der Waals surface area (Å²) in [4.78, 5) is 8.82. The summed E-state index contributed by atoms with van der Waals surface area (Å²) in [7, 11) is 0. The van der Waals surface area contributed by atoms with E-state index in [1.165, 1.54) is 6.26 Å². The van der Waals surface area contributed by atoms with Crippen molar-refractivity contribution >= 4 is 11.6 Å². The highest BCUT2D eigenvalue weighted by atomic mass is 16.5. The minimum absolute atomic E-state index is 0.506. The van der Waals surface area contributed by atoms with Crippen LogP contribution in [0.25, 0.3) is 11.4 Å². The van der Waals surface area contributed by atoms with Crippen LogP contribution in [-0.2, 0) is 6.54 Å². The van der Waals surface area contributed by atoms with E-state index in [1.807, 2.05) is 30.3 Å². The number of hydrogen-bond donors (Lipinski definition) is 3. The lowest BCUT2D eigenvalue weighted by Gasteiger charge is -2.09. The molecule has 2 aromatic heterocycles. The molecule has 0 atom stereocenters. The molecule has 0 unspecified atom stereocenters. The van der Waals surface area contributed by atoms with Crippen LogP contribution < -0.4 is 16.6 Å². The number of anilines is 2. The van der Waals surface area contributed by atoms with Crippen LogP contribution in [0.4, 0.5) is 11.6 Å². The molecule has 0 aliphatic heterocycles. The molecule has 0 aliphatic rings. The number of rotatable bonds is 5. The van der Waals surface area contributed by atoms with E-state index in [4.69, 9.17) is 10.4 Å². The number of nitrogens with two attached hydrogens (primary N) is 1. The zero-order chi connectivity index (χ0) is 14.5. The van der Waals surface area contributed by atoms with Crippen LogP contribution in [0, 0.1) is 0 Å². The monoisotopic (exact) mass is 282 g/mol. The first kappa shape index (κ1) is 13.1. The molecule has 3 rings (SSSR count). The first-order valence-electron chi connectivity index (χ1n) is 6.39. The van der Waals surface area contributed by atoms with E-state index in [1.54, 1.807) is 12.1 Å². The molecule has 7 heteroatoms. The molecular weight excluding hydrogens is 268 g/mol. The third-order valence-corrected chi connectivity index (χ3v) is 2.85. The predicted octanol–water partition coefficient (Wildman–Crippen LogP) is 2.03. The Balaban J connectivity index is 1.86. The molecule has 1 aromatic carbocycles. The molecule has 0 bridgehead atoms. The fourth-order valence-corrected chi connectivity index (χ4v) is 1.84. The maximum absolute atomic E-state index is 5.46. The van der Waals surface area contributed by atoms with Gasteiger partial charge in [0.1, 0.15) is 23.6 Å². The number of nitrogen functional groups attached to an aromatic ring is 1. The molecular formula is C14H14N6O. The molecule has 3 aromatic rings. The van der Waals surface area contributed by atoms with Crippen molar-refractivity contribution < 1.29 is 4.52 Å². The Morgan fingerprint density at radius 1 is 1.05 bits per heavy atom. The Morgan fingerprint density at radius 3 is 2.57 bits per heavy atom. The fourth-order valence-electron chi connectivity index (χ4n) is 1.84. The summed E-state index contributed by atoms with van der Waals surface area (Å²) in [6.45, 7) is 0.506. The molecule has 0 spiro atoms. The van der Waals surface area contributed by atoms with E-state index in [0.717, 1.165) is 11.3 Å². The van der Waals surface area contributed by atoms with Gasteiger partial charge in [0.25, 0.3) is 0 Å². The third-order valence-electron chi connectivity index (χ3n) is 2.85. The normalized spacial score (nSPS) is 10.3. The smallest absolute Gasteiger partial charge is 0.163 e. The molecule has 0 aliphatic carbocycles. The summed E-state index contributed by atoms with van der Waals surface area (Å²) in [5.74, 6) is 7.24. The van der Waals surface area contributed by atoms with Crippen molar-refractivity contribution in [2.75, 3.05) is 10.7 Å². The van der Waals surface area contributed by atoms with Gasteiger partial charge in [-0.3, -0.25) is 0 Å². The van der Waals surface area contributed by atoms with Crippen molar-refractivity contribution in [2.45, 2.75) is 6.54 Å². The minimum Gasteiger partial charge on any atom is -0.364 e. The van der Waals surface area contributed by atoms with Gasteiger partial charge in [-0.1, -0.05) is 35.5 Å². The topological polar surface area (TPSA) is 102 Å². The van der Waals surface area contributed by atoms with Gasteiger partial charge in [-0.05, 0) is 0 Å². The third kappa shape index (κ3) is 3.15. The largest absolute Gasteiger partial charge is 0.364 e. The van der Waals surface area contributed by atoms with Crippen molar-refractivity contribution in [3.05, 3.63) is 54.4 Å². The Bertz CT molecular complexity index is 699. The molecule has 2 heterocycles. The SMILES string of the molecule is NNc1cc(NCc2ccon2)nc(-c2ccccc2)n1. The highest BCUT2D eigenvalue weighted by Gasteiger charge is 2.06. The molecule has 0 saturated heterocycles. The summed E-state index contributed by atoms with van der Waals surface area (Å²) < 4.78 is 4.79. The number of benzene rings is 1. The van der Waals surface area contributed by atoms with Crippen LogP contribution in [0.1, 0.15) is 5.69 Å².